The third-order valence-corrected chi connectivity index (χ3v) is 19.0. The highest BCUT2D eigenvalue weighted by atomic mass is 35.5. The summed E-state index contributed by atoms with van der Waals surface area (Å²) in [6.45, 7) is 5.06. The Morgan fingerprint density at radius 3 is 1.30 bits per heavy atom. The number of benzene rings is 8. The molecule has 21 nitrogen and oxygen atoms in total. The van der Waals surface area contributed by atoms with E-state index in [2.05, 4.69) is 51.8 Å². The van der Waals surface area contributed by atoms with E-state index in [-0.39, 0.29) is 42.3 Å². The number of amides is 4. The summed E-state index contributed by atoms with van der Waals surface area (Å²) in [4.78, 5) is 54.4. The minimum Gasteiger partial charge on any atom is -0.472 e. The molecule has 0 aliphatic rings. The average molecular weight is 1590 g/mol. The molecule has 0 saturated heterocycles. The number of thiazole rings is 1. The van der Waals surface area contributed by atoms with E-state index < -0.39 is 35.3 Å². The lowest BCUT2D eigenvalue weighted by molar-refractivity contribution is -0.138. The molecule has 8 aromatic heterocycles. The van der Waals surface area contributed by atoms with Gasteiger partial charge in [-0.25, -0.2) is 4.98 Å². The fraction of sp³-hybridized carbons (Fsp3) is 0.103. The maximum atomic E-state index is 12.8. The number of alkyl halides is 6. The summed E-state index contributed by atoms with van der Waals surface area (Å²) in [5, 5.41) is 37.7. The number of fused-ring (bicyclic) bond motifs is 4. The van der Waals surface area contributed by atoms with Gasteiger partial charge in [0.25, 0.3) is 23.6 Å². The topological polar surface area (TPSA) is 253 Å². The van der Waals surface area contributed by atoms with Crippen LogP contribution in [0.4, 0.5) is 49.6 Å². The number of aromatic nitrogens is 10. The summed E-state index contributed by atoms with van der Waals surface area (Å²) >= 11 is 25.9. The van der Waals surface area contributed by atoms with Gasteiger partial charge in [0.2, 0.25) is 5.76 Å². The van der Waals surface area contributed by atoms with E-state index in [1.165, 1.54) is 72.7 Å². The zero-order valence-electron chi connectivity index (χ0n) is 57.3. The van der Waals surface area contributed by atoms with Gasteiger partial charge in [-0.3, -0.25) is 37.9 Å². The molecule has 0 aliphatic heterocycles. The van der Waals surface area contributed by atoms with Crippen molar-refractivity contribution in [3.8, 4) is 0 Å². The normalized spacial score (nSPS) is 11.4. The van der Waals surface area contributed by atoms with Crippen molar-refractivity contribution in [2.45, 2.75) is 52.4 Å². The van der Waals surface area contributed by atoms with Gasteiger partial charge in [0.1, 0.15) is 16.9 Å². The Balaban J connectivity index is 0.000000129. The molecule has 16 aromatic rings. The van der Waals surface area contributed by atoms with Crippen LogP contribution in [-0.4, -0.2) is 72.9 Å². The number of hydrogen-bond acceptors (Lipinski definition) is 14. The van der Waals surface area contributed by atoms with E-state index >= 15 is 0 Å². The molecule has 0 bridgehead atoms. The summed E-state index contributed by atoms with van der Waals surface area (Å²) in [5.41, 5.74) is 8.18. The zero-order chi connectivity index (χ0) is 77.4. The predicted octanol–water partition coefficient (Wildman–Crippen LogP) is 20.2. The van der Waals surface area contributed by atoms with Crippen LogP contribution in [0.5, 0.6) is 0 Å². The number of hydrogen-bond donors (Lipinski definition) is 4. The lowest BCUT2D eigenvalue weighted by Crippen LogP contribution is -2.13. The highest BCUT2D eigenvalue weighted by Crippen LogP contribution is 2.36. The molecule has 8 heterocycles. The van der Waals surface area contributed by atoms with Gasteiger partial charge >= 0.3 is 12.4 Å². The van der Waals surface area contributed by atoms with Gasteiger partial charge in [-0.05, 0) is 145 Å². The van der Waals surface area contributed by atoms with Gasteiger partial charge in [0, 0.05) is 26.9 Å². The van der Waals surface area contributed by atoms with Crippen molar-refractivity contribution >= 4 is 148 Å². The van der Waals surface area contributed by atoms with E-state index in [0.29, 0.717) is 99.5 Å². The molecule has 110 heavy (non-hydrogen) atoms. The largest absolute Gasteiger partial charge is 0.472 e. The van der Waals surface area contributed by atoms with E-state index in [4.69, 9.17) is 59.8 Å². The first kappa shape index (κ1) is 75.9. The summed E-state index contributed by atoms with van der Waals surface area (Å²) in [6.07, 6.45) is -3.27. The van der Waals surface area contributed by atoms with Gasteiger partial charge in [-0.1, -0.05) is 136 Å². The second-order valence-corrected chi connectivity index (χ2v) is 26.9. The molecule has 0 atom stereocenters. The molecular formula is C78H56Cl4F6N14O7S. The van der Waals surface area contributed by atoms with Crippen LogP contribution in [-0.2, 0) is 38.5 Å². The van der Waals surface area contributed by atoms with Crippen LogP contribution in [0, 0.1) is 13.8 Å². The van der Waals surface area contributed by atoms with Crippen LogP contribution in [0.2, 0.25) is 20.1 Å². The Bertz CT molecular complexity index is 5960. The predicted molar refractivity (Wildman–Crippen MR) is 408 cm³/mol. The van der Waals surface area contributed by atoms with Gasteiger partial charge in [-0.2, -0.15) is 46.7 Å². The van der Waals surface area contributed by atoms with Gasteiger partial charge in [0.15, 0.2) is 23.3 Å². The minimum absolute atomic E-state index is 0.135. The second kappa shape index (κ2) is 33.0. The van der Waals surface area contributed by atoms with Crippen LogP contribution in [0.1, 0.15) is 85.8 Å². The van der Waals surface area contributed by atoms with Crippen molar-refractivity contribution in [1.82, 2.24) is 49.3 Å². The Kier molecular flexibility index (Phi) is 22.8. The summed E-state index contributed by atoms with van der Waals surface area (Å²) in [5.74, 6) is 0.742. The van der Waals surface area contributed by atoms with Crippen LogP contribution in [0.3, 0.4) is 0 Å². The number of carbonyl (C=O) groups excluding carboxylic acids is 4. The van der Waals surface area contributed by atoms with E-state index in [1.807, 2.05) is 113 Å². The molecule has 0 saturated carbocycles. The lowest BCUT2D eigenvalue weighted by Gasteiger charge is -2.08. The number of furan rings is 2. The average Bonchev–Trinajstić information content (AvgIpc) is 1.64. The van der Waals surface area contributed by atoms with Crippen LogP contribution < -0.4 is 21.3 Å². The Morgan fingerprint density at radius 2 is 0.882 bits per heavy atom. The number of para-hydroxylation sites is 2. The molecule has 8 aromatic carbocycles. The van der Waals surface area contributed by atoms with Gasteiger partial charge < -0.3 is 34.6 Å². The van der Waals surface area contributed by atoms with Crippen molar-refractivity contribution in [3.63, 3.8) is 0 Å². The van der Waals surface area contributed by atoms with Crippen LogP contribution >= 0.6 is 57.7 Å². The molecule has 0 unspecified atom stereocenters. The molecule has 556 valence electrons. The van der Waals surface area contributed by atoms with Crippen molar-refractivity contribution in [1.29, 1.82) is 0 Å². The first-order valence-corrected chi connectivity index (χ1v) is 35.4. The highest BCUT2D eigenvalue weighted by Gasteiger charge is 2.32. The van der Waals surface area contributed by atoms with Crippen LogP contribution in [0.15, 0.2) is 244 Å². The highest BCUT2D eigenvalue weighted by molar-refractivity contribution is 7.12. The molecular weight excluding hydrogens is 1530 g/mol. The fourth-order valence-electron chi connectivity index (χ4n) is 11.5. The molecule has 16 rings (SSSR count). The summed E-state index contributed by atoms with van der Waals surface area (Å²) < 4.78 is 98.5. The first-order chi connectivity index (χ1) is 52.9. The number of aryl methyl sites for hydroxylation is 2. The van der Waals surface area contributed by atoms with E-state index in [9.17, 15) is 45.5 Å². The second-order valence-electron chi connectivity index (χ2n) is 24.3. The molecule has 4 N–H and O–H groups in total. The number of halogens is 10. The number of nitrogens with zero attached hydrogens (tertiary/aromatic N) is 10. The Morgan fingerprint density at radius 1 is 0.455 bits per heavy atom. The lowest BCUT2D eigenvalue weighted by atomic mass is 10.1. The van der Waals surface area contributed by atoms with Crippen molar-refractivity contribution < 1.29 is 58.9 Å². The first-order valence-electron chi connectivity index (χ1n) is 33.0. The number of anilines is 4. The standard InChI is InChI=1S/C21H15ClF3N3O2.C20H13ClF3N3O2.C19H15ClN4OS.C18H13ClN4O2/c1-12-15(9-10-30-12)20(29)26-19-18-16(22)3-2-4-17(18)28(27-19)11-13-5-7-14(8-6-13)21(23,24)25;21-15-2-1-3-16-17(15)18(25-19(28)13-8-9-29-11-13)26-27(16)10-12-4-6-14(7-5-12)20(22,23)24;1-12-17(26-11-21-12)19(25)22-18-15-4-2-3-5-16(15)24(23-18)10-13-6-8-14(20)9-7-13;19-13-7-5-12(6-8-13)11-23-15-4-2-1-3-14(15)17(22-23)21-18(24)16-9-10-20-25-16/h2-10H,11H2,1H3,(H,26,27,29);1-9,11H,10H2,(H,25,26,28);2-9,11H,10H2,1H3,(H,22,23,25);1-10H,11H2,(H,21,22,24). The van der Waals surface area contributed by atoms with Crippen LogP contribution in [0.25, 0.3) is 43.6 Å². The third-order valence-electron chi connectivity index (χ3n) is 16.9. The Labute approximate surface area is 643 Å². The maximum Gasteiger partial charge on any atom is 0.416 e. The summed E-state index contributed by atoms with van der Waals surface area (Å²) in [6, 6.07) is 55.4. The zero-order valence-corrected chi connectivity index (χ0v) is 61.1. The molecule has 0 fully saturated rings. The van der Waals surface area contributed by atoms with Gasteiger partial charge in [-0.15, -0.1) is 11.3 Å². The molecule has 0 radical (unpaired) electrons. The number of rotatable bonds is 16. The minimum atomic E-state index is -4.40. The van der Waals surface area contributed by atoms with Crippen molar-refractivity contribution in [2.24, 2.45) is 0 Å². The monoisotopic (exact) mass is 1590 g/mol. The van der Waals surface area contributed by atoms with Gasteiger partial charge in [0.05, 0.1) is 121 Å². The SMILES string of the molecule is Cc1ncsc1C(=O)Nc1nn(Cc2ccc(Cl)cc2)c2ccccc12.Cc1occc1C(=O)Nc1nn(Cc2ccc(C(F)(F)F)cc2)c2cccc(Cl)c12.O=C(Nc1nn(Cc2ccc(C(F)(F)F)cc2)c2cccc(Cl)c12)c1ccoc1.O=C(Nc1nn(Cc2ccc(Cl)cc2)c2ccccc12)c1ccno1. The Hall–Kier alpha value is -12.3. The van der Waals surface area contributed by atoms with Crippen molar-refractivity contribution in [2.75, 3.05) is 21.3 Å². The molecule has 0 spiro atoms. The smallest absolute Gasteiger partial charge is 0.416 e. The fourth-order valence-corrected chi connectivity index (χ4v) is 13.0. The number of nitrogens with one attached hydrogen (secondary N) is 4. The van der Waals surface area contributed by atoms with E-state index in [0.717, 1.165) is 62.9 Å². The summed E-state index contributed by atoms with van der Waals surface area (Å²) in [7, 11) is 0. The maximum absolute atomic E-state index is 12.8. The molecule has 0 aliphatic carbocycles. The third kappa shape index (κ3) is 17.8. The molecule has 4 amide bonds. The quantitative estimate of drug-likeness (QED) is 0.0658. The number of carbonyl (C=O) groups is 4. The molecule has 32 heteroatoms. The van der Waals surface area contributed by atoms with Crippen molar-refractivity contribution in [3.05, 3.63) is 317 Å². The van der Waals surface area contributed by atoms with E-state index in [1.54, 1.807) is 64.3 Å².